The normalized spacial score (nSPS) is 14.2. The third kappa shape index (κ3) is 3.90. The van der Waals surface area contributed by atoms with Crippen molar-refractivity contribution in [2.45, 2.75) is 24.2 Å². The molecule has 0 bridgehead atoms. The fourth-order valence-corrected chi connectivity index (χ4v) is 3.98. The van der Waals surface area contributed by atoms with Gasteiger partial charge in [0.15, 0.2) is 5.82 Å². The third-order valence-corrected chi connectivity index (χ3v) is 5.58. The molecule has 0 unspecified atom stereocenters. The van der Waals surface area contributed by atoms with Crippen LogP contribution in [0.5, 0.6) is 0 Å². The van der Waals surface area contributed by atoms with Crippen LogP contribution in [0.2, 0.25) is 0 Å². The Labute approximate surface area is 162 Å². The molecule has 138 valence electrons. The zero-order valence-electron chi connectivity index (χ0n) is 15.2. The molecule has 0 spiro atoms. The minimum absolute atomic E-state index is 0.0758. The lowest BCUT2D eigenvalue weighted by atomic mass is 9.98. The second-order valence-electron chi connectivity index (χ2n) is 6.55. The van der Waals surface area contributed by atoms with Gasteiger partial charge in [-0.1, -0.05) is 54.5 Å². The molecule has 1 aliphatic rings. The highest BCUT2D eigenvalue weighted by Gasteiger charge is 2.36. The van der Waals surface area contributed by atoms with E-state index in [1.165, 1.54) is 0 Å². The van der Waals surface area contributed by atoms with Crippen LogP contribution in [0, 0.1) is 0 Å². The number of hydrogen-bond acceptors (Lipinski definition) is 5. The number of likely N-dealkylation sites (tertiary alicyclic amines) is 1. The second kappa shape index (κ2) is 7.96. The zero-order valence-corrected chi connectivity index (χ0v) is 16.0. The molecular weight excluding hydrogens is 358 g/mol. The summed E-state index contributed by atoms with van der Waals surface area (Å²) in [6.45, 7) is 3.34. The van der Waals surface area contributed by atoms with E-state index in [2.05, 4.69) is 17.1 Å². The van der Waals surface area contributed by atoms with Crippen molar-refractivity contribution in [3.05, 3.63) is 77.4 Å². The third-order valence-electron chi connectivity index (χ3n) is 4.62. The van der Waals surface area contributed by atoms with Crippen molar-refractivity contribution in [2.24, 2.45) is 0 Å². The summed E-state index contributed by atoms with van der Waals surface area (Å²) in [7, 11) is 0. The molecule has 4 rings (SSSR count). The summed E-state index contributed by atoms with van der Waals surface area (Å²) in [4.78, 5) is 20.2. The molecule has 27 heavy (non-hydrogen) atoms. The number of carbonyl (C=O) groups is 1. The molecule has 0 saturated carbocycles. The highest BCUT2D eigenvalue weighted by atomic mass is 32.2. The van der Waals surface area contributed by atoms with Crippen LogP contribution < -0.4 is 0 Å². The second-order valence-corrected chi connectivity index (χ2v) is 7.85. The standard InChI is InChI=1S/C21H21N3O2S/c1-2-27-18-11-7-6-10-17(18)21(25)24-13-16(14-24)20-22-19(23-26-20)12-15-8-4-3-5-9-15/h3-11,16H,2,12-14H2,1H3. The molecule has 0 atom stereocenters. The van der Waals surface area contributed by atoms with Crippen LogP contribution >= 0.6 is 11.8 Å². The van der Waals surface area contributed by atoms with Crippen LogP contribution in [0.1, 0.15) is 40.5 Å². The molecule has 6 heteroatoms. The Kier molecular flexibility index (Phi) is 5.25. The average molecular weight is 379 g/mol. The number of hydrogen-bond donors (Lipinski definition) is 0. The lowest BCUT2D eigenvalue weighted by molar-refractivity contribution is 0.0565. The number of benzene rings is 2. The number of rotatable bonds is 6. The number of aromatic nitrogens is 2. The summed E-state index contributed by atoms with van der Waals surface area (Å²) in [6.07, 6.45) is 0.654. The highest BCUT2D eigenvalue weighted by Crippen LogP contribution is 2.30. The first-order chi connectivity index (χ1) is 13.2. The number of carbonyl (C=O) groups excluding carboxylic acids is 1. The molecule has 0 radical (unpaired) electrons. The van der Waals surface area contributed by atoms with Crippen molar-refractivity contribution >= 4 is 17.7 Å². The Hall–Kier alpha value is -2.60. The fraction of sp³-hybridized carbons (Fsp3) is 0.286. The first-order valence-electron chi connectivity index (χ1n) is 9.12. The minimum Gasteiger partial charge on any atom is -0.339 e. The van der Waals surface area contributed by atoms with Crippen molar-refractivity contribution in [1.82, 2.24) is 15.0 Å². The predicted octanol–water partition coefficient (Wildman–Crippen LogP) is 4.01. The first-order valence-corrected chi connectivity index (χ1v) is 10.1. The van der Waals surface area contributed by atoms with Gasteiger partial charge < -0.3 is 9.42 Å². The van der Waals surface area contributed by atoms with E-state index in [-0.39, 0.29) is 11.8 Å². The molecule has 1 amide bonds. The lowest BCUT2D eigenvalue weighted by Crippen LogP contribution is -2.48. The Morgan fingerprint density at radius 2 is 1.89 bits per heavy atom. The van der Waals surface area contributed by atoms with E-state index in [0.717, 1.165) is 21.8 Å². The van der Waals surface area contributed by atoms with Gasteiger partial charge in [-0.15, -0.1) is 11.8 Å². The monoisotopic (exact) mass is 379 g/mol. The maximum Gasteiger partial charge on any atom is 0.255 e. The van der Waals surface area contributed by atoms with Crippen molar-refractivity contribution in [3.63, 3.8) is 0 Å². The Morgan fingerprint density at radius 1 is 1.15 bits per heavy atom. The van der Waals surface area contributed by atoms with Crippen LogP contribution in [-0.4, -0.2) is 39.8 Å². The molecule has 0 N–H and O–H groups in total. The van der Waals surface area contributed by atoms with Gasteiger partial charge >= 0.3 is 0 Å². The predicted molar refractivity (Wildman–Crippen MR) is 105 cm³/mol. The Balaban J connectivity index is 1.38. The van der Waals surface area contributed by atoms with Crippen LogP contribution in [-0.2, 0) is 6.42 Å². The lowest BCUT2D eigenvalue weighted by Gasteiger charge is -2.37. The first kappa shape index (κ1) is 17.8. The van der Waals surface area contributed by atoms with Crippen LogP contribution in [0.3, 0.4) is 0 Å². The highest BCUT2D eigenvalue weighted by molar-refractivity contribution is 7.99. The van der Waals surface area contributed by atoms with Crippen LogP contribution in [0.15, 0.2) is 64.0 Å². The molecular formula is C21H21N3O2S. The van der Waals surface area contributed by atoms with E-state index in [9.17, 15) is 4.79 Å². The summed E-state index contributed by atoms with van der Waals surface area (Å²) in [5, 5.41) is 4.09. The van der Waals surface area contributed by atoms with Gasteiger partial charge in [0.25, 0.3) is 5.91 Å². The fourth-order valence-electron chi connectivity index (χ4n) is 3.18. The Bertz CT molecular complexity index is 920. The van der Waals surface area contributed by atoms with E-state index >= 15 is 0 Å². The van der Waals surface area contributed by atoms with Gasteiger partial charge in [0.1, 0.15) is 0 Å². The van der Waals surface area contributed by atoms with Gasteiger partial charge in [0.05, 0.1) is 11.5 Å². The molecule has 5 nitrogen and oxygen atoms in total. The van der Waals surface area contributed by atoms with Gasteiger partial charge in [-0.2, -0.15) is 4.98 Å². The largest absolute Gasteiger partial charge is 0.339 e. The van der Waals surface area contributed by atoms with E-state index < -0.39 is 0 Å². The summed E-state index contributed by atoms with van der Waals surface area (Å²) in [6, 6.07) is 17.9. The number of thioether (sulfide) groups is 1. The van der Waals surface area contributed by atoms with E-state index in [1.807, 2.05) is 59.5 Å². The topological polar surface area (TPSA) is 59.2 Å². The van der Waals surface area contributed by atoms with Gasteiger partial charge in [0, 0.05) is 24.4 Å². The van der Waals surface area contributed by atoms with Gasteiger partial charge in [-0.05, 0) is 23.4 Å². The summed E-state index contributed by atoms with van der Waals surface area (Å²) in [5.74, 6) is 2.45. The molecule has 1 fully saturated rings. The maximum atomic E-state index is 12.8. The van der Waals surface area contributed by atoms with Crippen LogP contribution in [0.25, 0.3) is 0 Å². The summed E-state index contributed by atoms with van der Waals surface area (Å²) in [5.41, 5.74) is 1.93. The molecule has 2 aromatic carbocycles. The summed E-state index contributed by atoms with van der Waals surface area (Å²) < 4.78 is 5.43. The number of nitrogens with zero attached hydrogens (tertiary/aromatic N) is 3. The van der Waals surface area contributed by atoms with Crippen molar-refractivity contribution in [3.8, 4) is 0 Å². The molecule has 0 aliphatic carbocycles. The SMILES string of the molecule is CCSc1ccccc1C(=O)N1CC(c2nc(Cc3ccccc3)no2)C1. The zero-order chi connectivity index (χ0) is 18.6. The quantitative estimate of drug-likeness (QED) is 0.606. The Morgan fingerprint density at radius 3 is 2.67 bits per heavy atom. The molecule has 1 aliphatic heterocycles. The van der Waals surface area contributed by atoms with E-state index in [0.29, 0.717) is 31.2 Å². The molecule has 3 aromatic rings. The number of amides is 1. The molecule has 2 heterocycles. The van der Waals surface area contributed by atoms with Crippen molar-refractivity contribution < 1.29 is 9.32 Å². The van der Waals surface area contributed by atoms with Crippen molar-refractivity contribution in [2.75, 3.05) is 18.8 Å². The maximum absolute atomic E-state index is 12.8. The van der Waals surface area contributed by atoms with Gasteiger partial charge in [-0.3, -0.25) is 4.79 Å². The van der Waals surface area contributed by atoms with Crippen LogP contribution in [0.4, 0.5) is 0 Å². The van der Waals surface area contributed by atoms with Gasteiger partial charge in [0.2, 0.25) is 5.89 Å². The summed E-state index contributed by atoms with van der Waals surface area (Å²) >= 11 is 1.70. The van der Waals surface area contributed by atoms with Crippen molar-refractivity contribution in [1.29, 1.82) is 0 Å². The van der Waals surface area contributed by atoms with E-state index in [1.54, 1.807) is 11.8 Å². The molecule has 1 saturated heterocycles. The minimum atomic E-state index is 0.0758. The average Bonchev–Trinajstić information content (AvgIpc) is 3.10. The smallest absolute Gasteiger partial charge is 0.255 e. The van der Waals surface area contributed by atoms with E-state index in [4.69, 9.17) is 4.52 Å². The molecule has 1 aromatic heterocycles. The van der Waals surface area contributed by atoms with Gasteiger partial charge in [-0.25, -0.2) is 0 Å².